The molecule has 23 heavy (non-hydrogen) atoms. The molecule has 0 bridgehead atoms. The lowest BCUT2D eigenvalue weighted by atomic mass is 9.92. The van der Waals surface area contributed by atoms with Gasteiger partial charge >= 0.3 is 0 Å². The van der Waals surface area contributed by atoms with E-state index in [0.29, 0.717) is 13.1 Å². The van der Waals surface area contributed by atoms with Crippen molar-refractivity contribution in [3.8, 4) is 0 Å². The summed E-state index contributed by atoms with van der Waals surface area (Å²) in [5.74, 6) is -0.374. The van der Waals surface area contributed by atoms with Crippen LogP contribution in [0.25, 0.3) is 0 Å². The minimum Gasteiger partial charge on any atom is -0.343 e. The third kappa shape index (κ3) is 4.78. The lowest BCUT2D eigenvalue weighted by Gasteiger charge is -2.28. The number of hydrogen-bond donors (Lipinski definition) is 0. The molecule has 6 heteroatoms. The number of sulfonamides is 1. The van der Waals surface area contributed by atoms with Crippen LogP contribution in [0.2, 0.25) is 0 Å². The van der Waals surface area contributed by atoms with E-state index in [4.69, 9.17) is 0 Å². The first-order chi connectivity index (χ1) is 10.8. The minimum absolute atomic E-state index is 0.00957. The van der Waals surface area contributed by atoms with Crippen LogP contribution >= 0.6 is 0 Å². The molecule has 0 aliphatic carbocycles. The van der Waals surface area contributed by atoms with Gasteiger partial charge in [0.05, 0.1) is 5.25 Å². The van der Waals surface area contributed by atoms with Crippen molar-refractivity contribution < 1.29 is 13.2 Å². The maximum atomic E-state index is 12.5. The summed E-state index contributed by atoms with van der Waals surface area (Å²) < 4.78 is 26.3. The average Bonchev–Trinajstić information content (AvgIpc) is 2.53. The lowest BCUT2D eigenvalue weighted by Crippen LogP contribution is -2.38. The number of nitrogens with zero attached hydrogens (tertiary/aromatic N) is 2. The fourth-order valence-electron chi connectivity index (χ4n) is 2.69. The molecule has 0 aromatic heterocycles. The van der Waals surface area contributed by atoms with Crippen molar-refractivity contribution in [2.45, 2.75) is 38.4 Å². The van der Waals surface area contributed by atoms with E-state index in [9.17, 15) is 13.2 Å². The first kappa shape index (κ1) is 19.6. The molecular formula is C17H28N2O3S. The van der Waals surface area contributed by atoms with E-state index >= 15 is 0 Å². The third-order valence-corrected chi connectivity index (χ3v) is 6.57. The standard InChI is InChI=1S/C17H28N2O3S/c1-6-19(7-2)17(20)13-16(15-11-9-8-10-12-15)14(3)23(21,22)18(4)5/h8-12,14,16H,6-7,13H2,1-5H3/t14-,16-/m0/s1. The van der Waals surface area contributed by atoms with Gasteiger partial charge in [0.15, 0.2) is 0 Å². The van der Waals surface area contributed by atoms with Gasteiger partial charge in [-0.3, -0.25) is 4.79 Å². The molecule has 0 spiro atoms. The first-order valence-corrected chi connectivity index (χ1v) is 9.50. The molecule has 0 saturated heterocycles. The highest BCUT2D eigenvalue weighted by Gasteiger charge is 2.34. The summed E-state index contributed by atoms with van der Waals surface area (Å²) in [5.41, 5.74) is 0.880. The van der Waals surface area contributed by atoms with Crippen LogP contribution < -0.4 is 0 Å². The van der Waals surface area contributed by atoms with Crippen LogP contribution in [0.3, 0.4) is 0 Å². The van der Waals surface area contributed by atoms with Gasteiger partial charge in [-0.05, 0) is 26.3 Å². The molecule has 0 fully saturated rings. The van der Waals surface area contributed by atoms with Gasteiger partial charge in [0.1, 0.15) is 0 Å². The Bertz CT molecular complexity index is 596. The second kappa shape index (κ2) is 8.45. The monoisotopic (exact) mass is 340 g/mol. The fourth-order valence-corrected chi connectivity index (χ4v) is 4.02. The molecule has 130 valence electrons. The second-order valence-corrected chi connectivity index (χ2v) is 8.32. The van der Waals surface area contributed by atoms with Gasteiger partial charge in [-0.15, -0.1) is 0 Å². The molecule has 2 atom stereocenters. The van der Waals surface area contributed by atoms with E-state index in [1.165, 1.54) is 18.4 Å². The molecular weight excluding hydrogens is 312 g/mol. The van der Waals surface area contributed by atoms with Crippen LogP contribution in [0.4, 0.5) is 0 Å². The summed E-state index contributed by atoms with van der Waals surface area (Å²) in [6.45, 7) is 6.80. The molecule has 0 saturated carbocycles. The zero-order valence-corrected chi connectivity index (χ0v) is 15.5. The molecule has 1 aromatic carbocycles. The Kier molecular flexibility index (Phi) is 7.22. The molecule has 5 nitrogen and oxygen atoms in total. The lowest BCUT2D eigenvalue weighted by molar-refractivity contribution is -0.131. The summed E-state index contributed by atoms with van der Waals surface area (Å²) in [6.07, 6.45) is 0.194. The quantitative estimate of drug-likeness (QED) is 0.730. The highest BCUT2D eigenvalue weighted by molar-refractivity contribution is 7.89. The Hall–Kier alpha value is -1.40. The molecule has 0 radical (unpaired) electrons. The van der Waals surface area contributed by atoms with Gasteiger partial charge in [-0.25, -0.2) is 12.7 Å². The number of amides is 1. The Morgan fingerprint density at radius 2 is 1.61 bits per heavy atom. The van der Waals surface area contributed by atoms with Gasteiger partial charge < -0.3 is 4.90 Å². The van der Waals surface area contributed by atoms with Gasteiger partial charge in [0.25, 0.3) is 0 Å². The summed E-state index contributed by atoms with van der Waals surface area (Å²) in [5, 5.41) is -0.667. The van der Waals surface area contributed by atoms with Crippen molar-refractivity contribution >= 4 is 15.9 Å². The zero-order chi connectivity index (χ0) is 17.6. The number of rotatable bonds is 8. The topological polar surface area (TPSA) is 57.7 Å². The van der Waals surface area contributed by atoms with Crippen molar-refractivity contribution in [2.75, 3.05) is 27.2 Å². The number of carbonyl (C=O) groups is 1. The van der Waals surface area contributed by atoms with Gasteiger partial charge in [0, 0.05) is 39.5 Å². The van der Waals surface area contributed by atoms with Gasteiger partial charge in [-0.2, -0.15) is 0 Å². The van der Waals surface area contributed by atoms with Crippen LogP contribution in [0.15, 0.2) is 30.3 Å². The smallest absolute Gasteiger partial charge is 0.223 e. The SMILES string of the molecule is CCN(CC)C(=O)C[C@H](c1ccccc1)[C@H](C)S(=O)(=O)N(C)C. The normalized spacial score (nSPS) is 14.5. The van der Waals surface area contributed by atoms with E-state index in [-0.39, 0.29) is 18.2 Å². The van der Waals surface area contributed by atoms with Crippen LogP contribution in [-0.2, 0) is 14.8 Å². The Morgan fingerprint density at radius 1 is 1.09 bits per heavy atom. The van der Waals surface area contributed by atoms with Crippen molar-refractivity contribution in [2.24, 2.45) is 0 Å². The van der Waals surface area contributed by atoms with Crippen LogP contribution in [0.5, 0.6) is 0 Å². The second-order valence-electron chi connectivity index (χ2n) is 5.82. The number of benzene rings is 1. The van der Waals surface area contributed by atoms with Crippen molar-refractivity contribution in [1.82, 2.24) is 9.21 Å². The Balaban J connectivity index is 3.16. The highest BCUT2D eigenvalue weighted by Crippen LogP contribution is 2.29. The fraction of sp³-hybridized carbons (Fsp3) is 0.588. The predicted molar refractivity (Wildman–Crippen MR) is 93.8 cm³/mol. The molecule has 0 N–H and O–H groups in total. The van der Waals surface area contributed by atoms with Crippen molar-refractivity contribution in [3.63, 3.8) is 0 Å². The maximum absolute atomic E-state index is 12.5. The zero-order valence-electron chi connectivity index (χ0n) is 14.7. The number of carbonyl (C=O) groups excluding carboxylic acids is 1. The largest absolute Gasteiger partial charge is 0.343 e. The van der Waals surface area contributed by atoms with Gasteiger partial charge in [0.2, 0.25) is 15.9 Å². The van der Waals surface area contributed by atoms with E-state index < -0.39 is 15.3 Å². The van der Waals surface area contributed by atoms with E-state index in [1.807, 2.05) is 44.2 Å². The Morgan fingerprint density at radius 3 is 2.04 bits per heavy atom. The van der Waals surface area contributed by atoms with E-state index in [1.54, 1.807) is 11.8 Å². The van der Waals surface area contributed by atoms with Crippen LogP contribution in [0.1, 0.15) is 38.7 Å². The summed E-state index contributed by atoms with van der Waals surface area (Å²) in [7, 11) is -0.391. The van der Waals surface area contributed by atoms with Gasteiger partial charge in [-0.1, -0.05) is 30.3 Å². The van der Waals surface area contributed by atoms with Crippen molar-refractivity contribution in [3.05, 3.63) is 35.9 Å². The average molecular weight is 340 g/mol. The molecule has 0 aliphatic rings. The maximum Gasteiger partial charge on any atom is 0.223 e. The molecule has 0 heterocycles. The Labute approximate surface area is 140 Å². The molecule has 1 aromatic rings. The molecule has 0 aliphatic heterocycles. The third-order valence-electron chi connectivity index (χ3n) is 4.28. The number of hydrogen-bond acceptors (Lipinski definition) is 3. The molecule has 1 amide bonds. The summed E-state index contributed by atoms with van der Waals surface area (Å²) in [6, 6.07) is 9.42. The van der Waals surface area contributed by atoms with E-state index in [0.717, 1.165) is 5.56 Å². The van der Waals surface area contributed by atoms with Crippen molar-refractivity contribution in [1.29, 1.82) is 0 Å². The van der Waals surface area contributed by atoms with E-state index in [2.05, 4.69) is 0 Å². The first-order valence-electron chi connectivity index (χ1n) is 7.99. The summed E-state index contributed by atoms with van der Waals surface area (Å²) >= 11 is 0. The molecule has 1 rings (SSSR count). The predicted octanol–water partition coefficient (Wildman–Crippen LogP) is 2.31. The summed E-state index contributed by atoms with van der Waals surface area (Å²) in [4.78, 5) is 14.2. The van der Waals surface area contributed by atoms with Crippen LogP contribution in [-0.4, -0.2) is 56.0 Å². The van der Waals surface area contributed by atoms with Crippen LogP contribution in [0, 0.1) is 0 Å². The molecule has 0 unspecified atom stereocenters. The highest BCUT2D eigenvalue weighted by atomic mass is 32.2. The minimum atomic E-state index is -3.45.